The van der Waals surface area contributed by atoms with Gasteiger partial charge in [0.1, 0.15) is 17.2 Å². The van der Waals surface area contributed by atoms with Gasteiger partial charge in [-0.2, -0.15) is 0 Å². The molecule has 2 bridgehead atoms. The predicted octanol–water partition coefficient (Wildman–Crippen LogP) is 2.96. The second kappa shape index (κ2) is 6.67. The summed E-state index contributed by atoms with van der Waals surface area (Å²) in [7, 11) is 1.40. The molecule has 8 nitrogen and oxygen atoms in total. The number of oxime groups is 1. The molecule has 3 aliphatic rings. The van der Waals surface area contributed by atoms with Gasteiger partial charge in [-0.1, -0.05) is 23.4 Å². The van der Waals surface area contributed by atoms with E-state index in [1.807, 2.05) is 11.8 Å². The minimum Gasteiger partial charge on any atom is -0.507 e. The van der Waals surface area contributed by atoms with Crippen molar-refractivity contribution in [3.05, 3.63) is 64.2 Å². The molecule has 8 heteroatoms. The minimum atomic E-state index is -0.735. The molecule has 2 heterocycles. The molecule has 32 heavy (non-hydrogen) atoms. The Balaban J connectivity index is 1.81. The largest absolute Gasteiger partial charge is 0.507 e. The molecule has 0 aromatic heterocycles. The van der Waals surface area contributed by atoms with Gasteiger partial charge in [0.2, 0.25) is 5.78 Å². The number of rotatable bonds is 3. The van der Waals surface area contributed by atoms with E-state index in [2.05, 4.69) is 11.7 Å². The average Bonchev–Trinajstić information content (AvgIpc) is 2.96. The number of fused-ring (bicyclic) bond motifs is 6. The molecule has 1 saturated heterocycles. The summed E-state index contributed by atoms with van der Waals surface area (Å²) >= 11 is 0. The Labute approximate surface area is 184 Å². The molecule has 3 N–H and O–H groups in total. The van der Waals surface area contributed by atoms with Crippen LogP contribution in [0.1, 0.15) is 62.4 Å². The van der Waals surface area contributed by atoms with Gasteiger partial charge in [0.15, 0.2) is 5.78 Å². The van der Waals surface area contributed by atoms with Crippen LogP contribution >= 0.6 is 0 Å². The second-order valence-electron chi connectivity index (χ2n) is 8.54. The first kappa shape index (κ1) is 20.3. The third-order valence-corrected chi connectivity index (χ3v) is 7.08. The third-order valence-electron chi connectivity index (χ3n) is 7.08. The van der Waals surface area contributed by atoms with Crippen molar-refractivity contribution < 1.29 is 29.7 Å². The summed E-state index contributed by atoms with van der Waals surface area (Å²) in [6, 6.07) is 4.22. The Kier molecular flexibility index (Phi) is 4.22. The first-order valence-corrected chi connectivity index (χ1v) is 10.3. The number of benzene rings is 2. The molecule has 2 aromatic carbocycles. The van der Waals surface area contributed by atoms with E-state index < -0.39 is 23.1 Å². The van der Waals surface area contributed by atoms with Gasteiger partial charge in [0.25, 0.3) is 0 Å². The number of phenolic OH excluding ortho intramolecular Hbond substituents is 2. The van der Waals surface area contributed by atoms with Crippen molar-refractivity contribution in [3.8, 4) is 17.2 Å². The fourth-order valence-electron chi connectivity index (χ4n) is 5.60. The van der Waals surface area contributed by atoms with E-state index in [0.717, 1.165) is 0 Å². The summed E-state index contributed by atoms with van der Waals surface area (Å²) in [4.78, 5) is 28.9. The first-order chi connectivity index (χ1) is 15.3. The molecule has 2 aliphatic heterocycles. The molecule has 1 aliphatic carbocycles. The molecule has 0 amide bonds. The van der Waals surface area contributed by atoms with E-state index in [4.69, 9.17) is 4.74 Å². The van der Waals surface area contributed by atoms with Crippen LogP contribution < -0.4 is 4.74 Å². The fraction of sp³-hybridized carbons (Fsp3) is 0.292. The number of ketones is 2. The predicted molar refractivity (Wildman–Crippen MR) is 115 cm³/mol. The summed E-state index contributed by atoms with van der Waals surface area (Å²) < 4.78 is 5.29. The Bertz CT molecular complexity index is 1260. The van der Waals surface area contributed by atoms with Gasteiger partial charge in [0.05, 0.1) is 35.1 Å². The Morgan fingerprint density at radius 1 is 1.22 bits per heavy atom. The van der Waals surface area contributed by atoms with Crippen molar-refractivity contribution in [2.45, 2.75) is 31.3 Å². The number of carbonyl (C=O) groups excluding carboxylic acids is 2. The van der Waals surface area contributed by atoms with Crippen molar-refractivity contribution in [2.75, 3.05) is 13.7 Å². The number of carbonyl (C=O) groups is 2. The third kappa shape index (κ3) is 2.27. The normalized spacial score (nSPS) is 24.8. The van der Waals surface area contributed by atoms with Crippen molar-refractivity contribution in [1.29, 1.82) is 0 Å². The van der Waals surface area contributed by atoms with E-state index >= 15 is 0 Å². The topological polar surface area (TPSA) is 120 Å². The van der Waals surface area contributed by atoms with Crippen LogP contribution in [0.4, 0.5) is 0 Å². The number of nitrogens with zero attached hydrogens (tertiary/aromatic N) is 2. The Morgan fingerprint density at radius 3 is 2.59 bits per heavy atom. The van der Waals surface area contributed by atoms with Gasteiger partial charge < -0.3 is 20.2 Å². The van der Waals surface area contributed by atoms with Crippen LogP contribution in [0.2, 0.25) is 0 Å². The number of aromatic hydroxyl groups is 2. The summed E-state index contributed by atoms with van der Waals surface area (Å²) in [5, 5.41) is 35.7. The van der Waals surface area contributed by atoms with Crippen molar-refractivity contribution in [2.24, 2.45) is 5.16 Å². The van der Waals surface area contributed by atoms with Crippen LogP contribution in [0.5, 0.6) is 17.2 Å². The lowest BCUT2D eigenvalue weighted by atomic mass is 9.76. The van der Waals surface area contributed by atoms with Gasteiger partial charge in [-0.3, -0.25) is 14.5 Å². The molecule has 2 atom stereocenters. The molecule has 2 aromatic rings. The van der Waals surface area contributed by atoms with Gasteiger partial charge >= 0.3 is 0 Å². The van der Waals surface area contributed by atoms with Crippen molar-refractivity contribution in [3.63, 3.8) is 0 Å². The highest BCUT2D eigenvalue weighted by atomic mass is 16.5. The number of ether oxygens (including phenoxy) is 1. The Morgan fingerprint density at radius 2 is 1.94 bits per heavy atom. The van der Waals surface area contributed by atoms with E-state index in [1.54, 1.807) is 18.2 Å². The maximum atomic E-state index is 13.5. The zero-order valence-electron chi connectivity index (χ0n) is 17.7. The molecule has 5 rings (SSSR count). The Hall–Kier alpha value is -3.65. The lowest BCUT2D eigenvalue weighted by Crippen LogP contribution is -2.51. The highest BCUT2D eigenvalue weighted by molar-refractivity contribution is 6.31. The quantitative estimate of drug-likeness (QED) is 0.251. The highest BCUT2D eigenvalue weighted by Gasteiger charge is 2.55. The first-order valence-electron chi connectivity index (χ1n) is 10.3. The van der Waals surface area contributed by atoms with E-state index in [0.29, 0.717) is 29.8 Å². The zero-order valence-corrected chi connectivity index (χ0v) is 17.7. The van der Waals surface area contributed by atoms with Crippen LogP contribution in [0.25, 0.3) is 0 Å². The maximum absolute atomic E-state index is 13.5. The van der Waals surface area contributed by atoms with Crippen LogP contribution in [0.15, 0.2) is 36.0 Å². The average molecular weight is 434 g/mol. The standard InChI is InChI=1S/C24H22N2O6/c1-4-8-26-13-9-15(25-31)24(26,2)10-12-16(13)22(29)19-18(21(12)28)20(27)11-6-5-7-14(32-3)17(11)23(19)30/h4-7,13,28-29,31H,1,8-10H2,2-3H3. The SMILES string of the molecule is C=CCN1C2CC(=NO)C1(C)Cc1c(O)c3c(c(O)c12)C(=O)c1c(OC)cccc1C3=O. The highest BCUT2D eigenvalue weighted by Crippen LogP contribution is 2.56. The molecule has 1 fully saturated rings. The second-order valence-corrected chi connectivity index (χ2v) is 8.54. The van der Waals surface area contributed by atoms with Crippen LogP contribution in [0.3, 0.4) is 0 Å². The summed E-state index contributed by atoms with van der Waals surface area (Å²) in [6.07, 6.45) is 2.22. The van der Waals surface area contributed by atoms with Gasteiger partial charge in [-0.05, 0) is 13.0 Å². The molecule has 2 unspecified atom stereocenters. The number of methoxy groups -OCH3 is 1. The lowest BCUT2D eigenvalue weighted by molar-refractivity contribution is 0.0967. The molecular formula is C24H22N2O6. The van der Waals surface area contributed by atoms with Gasteiger partial charge in [0, 0.05) is 42.1 Å². The smallest absolute Gasteiger partial charge is 0.202 e. The molecule has 0 spiro atoms. The van der Waals surface area contributed by atoms with Crippen molar-refractivity contribution >= 4 is 17.3 Å². The van der Waals surface area contributed by atoms with E-state index in [1.165, 1.54) is 13.2 Å². The van der Waals surface area contributed by atoms with Crippen LogP contribution in [-0.2, 0) is 6.42 Å². The minimum absolute atomic E-state index is 0.0646. The van der Waals surface area contributed by atoms with Crippen LogP contribution in [-0.4, -0.2) is 56.8 Å². The summed E-state index contributed by atoms with van der Waals surface area (Å²) in [6.45, 7) is 6.13. The maximum Gasteiger partial charge on any atom is 0.202 e. The number of hydrogen-bond donors (Lipinski definition) is 3. The summed E-state index contributed by atoms with van der Waals surface area (Å²) in [5.41, 5.74) is 0.289. The number of phenols is 2. The monoisotopic (exact) mass is 434 g/mol. The van der Waals surface area contributed by atoms with E-state index in [9.17, 15) is 25.0 Å². The van der Waals surface area contributed by atoms with E-state index in [-0.39, 0.29) is 45.9 Å². The van der Waals surface area contributed by atoms with Crippen molar-refractivity contribution in [1.82, 2.24) is 4.90 Å². The fourth-order valence-corrected chi connectivity index (χ4v) is 5.60. The molecule has 164 valence electrons. The lowest BCUT2D eigenvalue weighted by Gasteiger charge is -2.43. The van der Waals surface area contributed by atoms with Crippen LogP contribution in [0, 0.1) is 0 Å². The van der Waals surface area contributed by atoms with Gasteiger partial charge in [-0.15, -0.1) is 6.58 Å². The zero-order chi connectivity index (χ0) is 22.9. The molecular weight excluding hydrogens is 412 g/mol. The van der Waals surface area contributed by atoms with Gasteiger partial charge in [-0.25, -0.2) is 0 Å². The summed E-state index contributed by atoms with van der Waals surface area (Å²) in [5.74, 6) is -1.55. The molecule has 0 saturated carbocycles. The molecule has 0 radical (unpaired) electrons. The number of hydrogen-bond acceptors (Lipinski definition) is 8.